The van der Waals surface area contributed by atoms with Gasteiger partial charge in [-0.1, -0.05) is 0 Å². The van der Waals surface area contributed by atoms with Crippen molar-refractivity contribution >= 4 is 12.2 Å². The van der Waals surface area contributed by atoms with Crippen LogP contribution >= 0.6 is 0 Å². The molecule has 0 unspecified atom stereocenters. The van der Waals surface area contributed by atoms with Gasteiger partial charge in [0.1, 0.15) is 11.2 Å². The second kappa shape index (κ2) is 5.63. The maximum absolute atomic E-state index is 12.3. The highest BCUT2D eigenvalue weighted by Crippen LogP contribution is 2.33. The van der Waals surface area contributed by atoms with Crippen molar-refractivity contribution in [2.75, 3.05) is 19.6 Å². The third-order valence-electron chi connectivity index (χ3n) is 3.83. The third-order valence-corrected chi connectivity index (χ3v) is 3.83. The van der Waals surface area contributed by atoms with Gasteiger partial charge < -0.3 is 19.3 Å². The molecule has 2 atom stereocenters. The average Bonchev–Trinajstić information content (AvgIpc) is 2.81. The van der Waals surface area contributed by atoms with Gasteiger partial charge in [-0.25, -0.2) is 9.59 Å². The summed E-state index contributed by atoms with van der Waals surface area (Å²) in [5, 5.41) is 0. The third kappa shape index (κ3) is 4.05. The van der Waals surface area contributed by atoms with Gasteiger partial charge in [0.25, 0.3) is 0 Å². The Morgan fingerprint density at radius 1 is 0.909 bits per heavy atom. The summed E-state index contributed by atoms with van der Waals surface area (Å²) in [7, 11) is 0. The Kier molecular flexibility index (Phi) is 4.33. The average molecular weight is 312 g/mol. The summed E-state index contributed by atoms with van der Waals surface area (Å²) in [5.41, 5.74) is -1.00. The summed E-state index contributed by atoms with van der Waals surface area (Å²) < 4.78 is 10.9. The van der Waals surface area contributed by atoms with E-state index in [1.807, 2.05) is 41.5 Å². The van der Waals surface area contributed by atoms with Crippen molar-refractivity contribution in [1.29, 1.82) is 0 Å². The molecule has 6 nitrogen and oxygen atoms in total. The topological polar surface area (TPSA) is 59.1 Å². The van der Waals surface area contributed by atoms with Crippen LogP contribution in [0.15, 0.2) is 0 Å². The Balaban J connectivity index is 1.96. The molecule has 2 heterocycles. The van der Waals surface area contributed by atoms with Crippen molar-refractivity contribution < 1.29 is 19.1 Å². The minimum Gasteiger partial charge on any atom is -0.444 e. The molecular formula is C16H28N2O4. The van der Waals surface area contributed by atoms with Gasteiger partial charge >= 0.3 is 12.2 Å². The summed E-state index contributed by atoms with van der Waals surface area (Å²) in [5.74, 6) is 0.319. The van der Waals surface area contributed by atoms with Gasteiger partial charge in [0.2, 0.25) is 0 Å². The van der Waals surface area contributed by atoms with Gasteiger partial charge in [-0.3, -0.25) is 0 Å². The van der Waals surface area contributed by atoms with Gasteiger partial charge in [-0.15, -0.1) is 0 Å². The monoisotopic (exact) mass is 312 g/mol. The number of amides is 2. The summed E-state index contributed by atoms with van der Waals surface area (Å²) >= 11 is 0. The first-order valence-electron chi connectivity index (χ1n) is 7.94. The number of hydrogen-bond acceptors (Lipinski definition) is 4. The summed E-state index contributed by atoms with van der Waals surface area (Å²) in [6.07, 6.45) is 0.320. The maximum Gasteiger partial charge on any atom is 0.410 e. The largest absolute Gasteiger partial charge is 0.444 e. The van der Waals surface area contributed by atoms with Crippen molar-refractivity contribution in [3.8, 4) is 0 Å². The van der Waals surface area contributed by atoms with Gasteiger partial charge in [0, 0.05) is 25.6 Å². The zero-order valence-electron chi connectivity index (χ0n) is 14.5. The number of fused-ring (bicyclic) bond motifs is 1. The Morgan fingerprint density at radius 3 is 2.00 bits per heavy atom. The molecule has 0 bridgehead atoms. The molecule has 2 aliphatic heterocycles. The van der Waals surface area contributed by atoms with E-state index in [1.54, 1.807) is 9.80 Å². The van der Waals surface area contributed by atoms with E-state index in [1.165, 1.54) is 0 Å². The Hall–Kier alpha value is -1.46. The number of ether oxygens (including phenoxy) is 2. The van der Waals surface area contributed by atoms with Crippen LogP contribution in [0, 0.1) is 5.92 Å². The van der Waals surface area contributed by atoms with E-state index in [-0.39, 0.29) is 18.2 Å². The number of nitrogens with zero attached hydrogens (tertiary/aromatic N) is 2. The summed E-state index contributed by atoms with van der Waals surface area (Å²) in [4.78, 5) is 27.9. The molecule has 2 aliphatic rings. The SMILES string of the molecule is CC(C)(C)OC(=O)N1C[C@@H]2CCN(C(=O)OC(C)(C)C)[C@@H]2C1. The molecule has 2 fully saturated rings. The van der Waals surface area contributed by atoms with Crippen LogP contribution in [0.1, 0.15) is 48.0 Å². The van der Waals surface area contributed by atoms with E-state index in [0.717, 1.165) is 6.42 Å². The fraction of sp³-hybridized carbons (Fsp3) is 0.875. The van der Waals surface area contributed by atoms with Crippen molar-refractivity contribution in [2.24, 2.45) is 5.92 Å². The Morgan fingerprint density at radius 2 is 1.45 bits per heavy atom. The molecular weight excluding hydrogens is 284 g/mol. The first-order valence-corrected chi connectivity index (χ1v) is 7.94. The smallest absolute Gasteiger partial charge is 0.410 e. The van der Waals surface area contributed by atoms with Crippen LogP contribution in [0.5, 0.6) is 0 Å². The van der Waals surface area contributed by atoms with Crippen LogP contribution in [0.25, 0.3) is 0 Å². The van der Waals surface area contributed by atoms with Gasteiger partial charge in [-0.05, 0) is 48.0 Å². The molecule has 0 saturated carbocycles. The standard InChI is InChI=1S/C16H28N2O4/c1-15(2,3)21-13(19)17-9-11-7-8-18(12(11)10-17)14(20)22-16(4,5)6/h11-12H,7-10H2,1-6H3/t11-,12+/m0/s1. The number of likely N-dealkylation sites (tertiary alicyclic amines) is 2. The number of carbonyl (C=O) groups is 2. The number of rotatable bonds is 0. The number of hydrogen-bond donors (Lipinski definition) is 0. The lowest BCUT2D eigenvalue weighted by Gasteiger charge is -2.29. The predicted octanol–water partition coefficient (Wildman–Crippen LogP) is 2.86. The van der Waals surface area contributed by atoms with Gasteiger partial charge in [0.15, 0.2) is 0 Å². The molecule has 6 heteroatoms. The van der Waals surface area contributed by atoms with E-state index in [9.17, 15) is 9.59 Å². The molecule has 0 radical (unpaired) electrons. The van der Waals surface area contributed by atoms with Crippen LogP contribution in [-0.4, -0.2) is 58.9 Å². The Bertz CT molecular complexity index is 450. The van der Waals surface area contributed by atoms with Crippen LogP contribution < -0.4 is 0 Å². The van der Waals surface area contributed by atoms with E-state index in [4.69, 9.17) is 9.47 Å². The van der Waals surface area contributed by atoms with Gasteiger partial charge in [-0.2, -0.15) is 0 Å². The first-order chi connectivity index (χ1) is 9.96. The van der Waals surface area contributed by atoms with Crippen LogP contribution in [0.2, 0.25) is 0 Å². The molecule has 0 aromatic heterocycles. The molecule has 0 aliphatic carbocycles. The van der Waals surface area contributed by atoms with Crippen molar-refractivity contribution in [3.05, 3.63) is 0 Å². The molecule has 2 saturated heterocycles. The molecule has 0 aromatic rings. The molecule has 0 aromatic carbocycles. The fourth-order valence-electron chi connectivity index (χ4n) is 2.98. The fourth-order valence-corrected chi connectivity index (χ4v) is 2.98. The molecule has 2 amide bonds. The molecule has 126 valence electrons. The highest BCUT2D eigenvalue weighted by Gasteiger charge is 2.46. The molecule has 22 heavy (non-hydrogen) atoms. The highest BCUT2D eigenvalue weighted by atomic mass is 16.6. The lowest BCUT2D eigenvalue weighted by atomic mass is 10.1. The summed E-state index contributed by atoms with van der Waals surface area (Å²) in [6.45, 7) is 13.0. The zero-order valence-corrected chi connectivity index (χ0v) is 14.5. The van der Waals surface area contributed by atoms with E-state index in [2.05, 4.69) is 0 Å². The molecule has 0 spiro atoms. The second-order valence-corrected chi connectivity index (χ2v) is 8.18. The second-order valence-electron chi connectivity index (χ2n) is 8.18. The van der Waals surface area contributed by atoms with E-state index < -0.39 is 11.2 Å². The molecule has 0 N–H and O–H groups in total. The quantitative estimate of drug-likeness (QED) is 0.690. The number of carbonyl (C=O) groups excluding carboxylic acids is 2. The van der Waals surface area contributed by atoms with Crippen molar-refractivity contribution in [3.63, 3.8) is 0 Å². The van der Waals surface area contributed by atoms with Crippen LogP contribution in [0.3, 0.4) is 0 Å². The summed E-state index contributed by atoms with van der Waals surface area (Å²) in [6, 6.07) is 0.0439. The van der Waals surface area contributed by atoms with E-state index >= 15 is 0 Å². The normalized spacial score (nSPS) is 25.2. The first kappa shape index (κ1) is 16.9. The Labute approximate surface area is 132 Å². The maximum atomic E-state index is 12.3. The van der Waals surface area contributed by atoms with Crippen LogP contribution in [-0.2, 0) is 9.47 Å². The zero-order chi connectivity index (χ0) is 16.7. The lowest BCUT2D eigenvalue weighted by molar-refractivity contribution is 0.0165. The molecule has 2 rings (SSSR count). The minimum absolute atomic E-state index is 0.0439. The van der Waals surface area contributed by atoms with Crippen molar-refractivity contribution in [2.45, 2.75) is 65.2 Å². The minimum atomic E-state index is -0.501. The predicted molar refractivity (Wildman–Crippen MR) is 82.6 cm³/mol. The van der Waals surface area contributed by atoms with Crippen molar-refractivity contribution in [1.82, 2.24) is 9.80 Å². The highest BCUT2D eigenvalue weighted by molar-refractivity contribution is 5.71. The van der Waals surface area contributed by atoms with E-state index in [0.29, 0.717) is 25.6 Å². The lowest BCUT2D eigenvalue weighted by Crippen LogP contribution is -2.43. The van der Waals surface area contributed by atoms with Crippen LogP contribution in [0.4, 0.5) is 9.59 Å². The van der Waals surface area contributed by atoms with Gasteiger partial charge in [0.05, 0.1) is 6.04 Å².